The third-order valence-corrected chi connectivity index (χ3v) is 3.29. The molecule has 0 amide bonds. The van der Waals surface area contributed by atoms with E-state index in [-0.39, 0.29) is 12.6 Å². The van der Waals surface area contributed by atoms with Crippen molar-refractivity contribution in [2.45, 2.75) is 18.8 Å². The number of likely N-dealkylation sites (N-methyl/N-ethyl adjacent to an activating group) is 1. The average Bonchev–Trinajstić information content (AvgIpc) is 2.82. The van der Waals surface area contributed by atoms with E-state index in [0.717, 1.165) is 0 Å². The maximum absolute atomic E-state index is 12.3. The molecule has 0 aliphatic carbocycles. The summed E-state index contributed by atoms with van der Waals surface area (Å²) in [5.41, 5.74) is 0.438. The van der Waals surface area contributed by atoms with Gasteiger partial charge >= 0.3 is 0 Å². The number of hydrogen-bond donors (Lipinski definition) is 2. The molecule has 0 fully saturated rings. The molecule has 1 heterocycles. The molecule has 0 bridgehead atoms. The fraction of sp³-hybridized carbons (Fsp3) is 0.417. The van der Waals surface area contributed by atoms with Gasteiger partial charge in [0.15, 0.2) is 30.9 Å². The summed E-state index contributed by atoms with van der Waals surface area (Å²) in [7, 11) is 2.67. The van der Waals surface area contributed by atoms with Crippen LogP contribution in [0.4, 0.5) is 0 Å². The largest absolute Gasteiger partial charge is 0.454 e. The molecule has 1 aromatic carbocycles. The lowest BCUT2D eigenvalue weighted by molar-refractivity contribution is -0.194. The van der Waals surface area contributed by atoms with E-state index in [1.54, 1.807) is 25.1 Å². The number of Topliss-reactive ketones (excluding diaryl/α,β-unsaturated/α-hetero) is 1. The number of fused-ring (bicyclic) bond motifs is 1. The molecule has 2 rings (SSSR count). The molecule has 1 aliphatic heterocycles. The fourth-order valence-corrected chi connectivity index (χ4v) is 1.83. The number of carbonyl (C=O) groups is 1. The van der Waals surface area contributed by atoms with Crippen LogP contribution in [-0.4, -0.2) is 54.4 Å². The number of ether oxygens (including phenoxy) is 2. The summed E-state index contributed by atoms with van der Waals surface area (Å²) in [4.78, 5) is 13.5. The Hall–Kier alpha value is -1.57. The maximum atomic E-state index is 12.3. The lowest BCUT2D eigenvalue weighted by Crippen LogP contribution is -2.53. The minimum Gasteiger partial charge on any atom is -0.454 e. The second-order valence-electron chi connectivity index (χ2n) is 4.69. The molecule has 0 saturated heterocycles. The van der Waals surface area contributed by atoms with Gasteiger partial charge in [-0.05, 0) is 32.2 Å². The van der Waals surface area contributed by atoms with Crippen LogP contribution in [0.15, 0.2) is 18.2 Å². The van der Waals surface area contributed by atoms with Crippen molar-refractivity contribution in [3.8, 4) is 11.5 Å². The first-order valence-electron chi connectivity index (χ1n) is 5.92. The summed E-state index contributed by atoms with van der Waals surface area (Å²) < 4.78 is 10.4. The molecule has 1 aliphatic rings. The van der Waals surface area contributed by atoms with Crippen molar-refractivity contribution in [1.82, 2.24) is 4.90 Å². The van der Waals surface area contributed by atoms with Crippen molar-refractivity contribution in [1.29, 1.82) is 0 Å². The minimum absolute atomic E-state index is 0.147. The predicted octanol–water partition coefficient (Wildman–Crippen LogP) is -0.853. The van der Waals surface area contributed by atoms with E-state index >= 15 is 0 Å². The number of rotatable bonds is 4. The summed E-state index contributed by atoms with van der Waals surface area (Å²) in [5.74, 6) is -1.15. The highest BCUT2D eigenvalue weighted by atomic mass is 16.7. The van der Waals surface area contributed by atoms with Crippen molar-refractivity contribution in [2.24, 2.45) is 0 Å². The van der Waals surface area contributed by atoms with Crippen molar-refractivity contribution >= 4 is 13.6 Å². The number of ketones is 1. The Morgan fingerprint density at radius 2 is 2.05 bits per heavy atom. The van der Waals surface area contributed by atoms with Crippen LogP contribution in [0.25, 0.3) is 0 Å². The summed E-state index contributed by atoms with van der Waals surface area (Å²) in [5, 5.41) is 19.0. The van der Waals surface area contributed by atoms with E-state index in [9.17, 15) is 15.0 Å². The van der Waals surface area contributed by atoms with Gasteiger partial charge in [-0.2, -0.15) is 0 Å². The molecule has 0 radical (unpaired) electrons. The van der Waals surface area contributed by atoms with Gasteiger partial charge in [-0.15, -0.1) is 0 Å². The van der Waals surface area contributed by atoms with Crippen LogP contribution in [0.1, 0.15) is 17.3 Å². The fourth-order valence-electron chi connectivity index (χ4n) is 1.83. The molecule has 1 aromatic rings. The van der Waals surface area contributed by atoms with Gasteiger partial charge in [-0.25, -0.2) is 0 Å². The van der Waals surface area contributed by atoms with E-state index in [1.807, 2.05) is 0 Å². The smallest absolute Gasteiger partial charge is 0.231 e. The third-order valence-electron chi connectivity index (χ3n) is 3.29. The van der Waals surface area contributed by atoms with E-state index in [0.29, 0.717) is 17.1 Å². The predicted molar refractivity (Wildman–Crippen MR) is 69.8 cm³/mol. The quantitative estimate of drug-likeness (QED) is 0.419. The van der Waals surface area contributed by atoms with Gasteiger partial charge < -0.3 is 19.7 Å². The first-order chi connectivity index (χ1) is 8.80. The molecule has 0 spiro atoms. The topological polar surface area (TPSA) is 79.2 Å². The van der Waals surface area contributed by atoms with Gasteiger partial charge in [0.25, 0.3) is 0 Å². The summed E-state index contributed by atoms with van der Waals surface area (Å²) >= 11 is 0. The monoisotopic (exact) mass is 265 g/mol. The first kappa shape index (κ1) is 13.9. The van der Waals surface area contributed by atoms with Gasteiger partial charge in [0.2, 0.25) is 6.79 Å². The second-order valence-corrected chi connectivity index (χ2v) is 4.69. The molecule has 7 heteroatoms. The Morgan fingerprint density at radius 3 is 2.68 bits per heavy atom. The van der Waals surface area contributed by atoms with Crippen LogP contribution in [0.5, 0.6) is 11.5 Å². The molecule has 0 unspecified atom stereocenters. The van der Waals surface area contributed by atoms with Crippen LogP contribution in [-0.2, 0) is 0 Å². The Balaban J connectivity index is 2.20. The highest BCUT2D eigenvalue weighted by molar-refractivity contribution is 6.13. The van der Waals surface area contributed by atoms with Crippen molar-refractivity contribution in [3.05, 3.63) is 23.8 Å². The lowest BCUT2D eigenvalue weighted by Gasteiger charge is -2.33. The molecular formula is C12H16BNO5. The van der Waals surface area contributed by atoms with E-state index < -0.39 is 11.9 Å². The molecule has 0 aromatic heterocycles. The van der Waals surface area contributed by atoms with Crippen LogP contribution in [0.3, 0.4) is 0 Å². The van der Waals surface area contributed by atoms with Crippen LogP contribution < -0.4 is 9.47 Å². The van der Waals surface area contributed by atoms with Crippen molar-refractivity contribution in [3.63, 3.8) is 0 Å². The highest BCUT2D eigenvalue weighted by Gasteiger charge is 2.31. The maximum Gasteiger partial charge on any atom is 0.231 e. The molecule has 19 heavy (non-hydrogen) atoms. The number of nitrogens with zero attached hydrogens (tertiary/aromatic N) is 1. The third kappa shape index (κ3) is 2.73. The standard InChI is InChI=1S/C12H16BNO5/c1-7(14(2)12(13,16)17)11(15)8-3-4-9-10(5-8)19-6-18-9/h3-5,7,16-17H,6,13H2,1-2H3/t7-/m0/s1. The van der Waals surface area contributed by atoms with E-state index in [2.05, 4.69) is 0 Å². The molecule has 102 valence electrons. The summed E-state index contributed by atoms with van der Waals surface area (Å²) in [6.45, 7) is 1.76. The van der Waals surface area contributed by atoms with Gasteiger partial charge in [0.1, 0.15) is 0 Å². The Bertz CT molecular complexity index is 499. The molecular weight excluding hydrogens is 249 g/mol. The molecule has 0 saturated carbocycles. The van der Waals surface area contributed by atoms with Gasteiger partial charge in [-0.1, -0.05) is 0 Å². The minimum atomic E-state index is -2.05. The zero-order valence-electron chi connectivity index (χ0n) is 11.1. The zero-order valence-corrected chi connectivity index (χ0v) is 11.1. The molecule has 6 nitrogen and oxygen atoms in total. The number of aliphatic hydroxyl groups is 2. The van der Waals surface area contributed by atoms with Crippen LogP contribution in [0, 0.1) is 0 Å². The van der Waals surface area contributed by atoms with E-state index in [1.165, 1.54) is 19.8 Å². The Morgan fingerprint density at radius 1 is 1.42 bits per heavy atom. The first-order valence-corrected chi connectivity index (χ1v) is 5.92. The summed E-state index contributed by atoms with van der Waals surface area (Å²) in [6, 6.07) is 4.22. The van der Waals surface area contributed by atoms with Crippen LogP contribution >= 0.6 is 0 Å². The molecule has 1 atom stereocenters. The Labute approximate surface area is 112 Å². The number of carbonyl (C=O) groups excluding carboxylic acids is 1. The second kappa shape index (κ2) is 4.84. The number of benzene rings is 1. The van der Waals surface area contributed by atoms with Gasteiger partial charge in [0, 0.05) is 5.56 Å². The van der Waals surface area contributed by atoms with Crippen molar-refractivity contribution in [2.75, 3.05) is 13.8 Å². The molecule has 2 N–H and O–H groups in total. The van der Waals surface area contributed by atoms with Gasteiger partial charge in [-0.3, -0.25) is 9.69 Å². The Kier molecular flexibility index (Phi) is 3.53. The summed E-state index contributed by atoms with van der Waals surface area (Å²) in [6.07, 6.45) is 0. The van der Waals surface area contributed by atoms with Crippen LogP contribution in [0.2, 0.25) is 0 Å². The normalized spacial score (nSPS) is 15.6. The SMILES string of the molecule is BC(O)(O)N(C)[C@@H](C)C(=O)c1ccc2c(c1)OCO2. The highest BCUT2D eigenvalue weighted by Crippen LogP contribution is 2.33. The lowest BCUT2D eigenvalue weighted by atomic mass is 9.97. The van der Waals surface area contributed by atoms with Crippen molar-refractivity contribution < 1.29 is 24.5 Å². The zero-order chi connectivity index (χ0) is 14.2. The average molecular weight is 265 g/mol. The number of hydrogen-bond acceptors (Lipinski definition) is 6. The van der Waals surface area contributed by atoms with E-state index in [4.69, 9.17) is 9.47 Å². The van der Waals surface area contributed by atoms with Gasteiger partial charge in [0.05, 0.1) is 6.04 Å².